The molecule has 0 spiro atoms. The summed E-state index contributed by atoms with van der Waals surface area (Å²) in [5.74, 6) is 0.415. The van der Waals surface area contributed by atoms with Gasteiger partial charge in [0.2, 0.25) is 5.13 Å². The maximum absolute atomic E-state index is 9.79. The molecule has 0 aliphatic carbocycles. The maximum Gasteiger partial charge on any atom is 0.205 e. The van der Waals surface area contributed by atoms with Crippen molar-refractivity contribution in [1.82, 2.24) is 15.1 Å². The third-order valence-electron chi connectivity index (χ3n) is 3.04. The fourth-order valence-corrected chi connectivity index (χ4v) is 2.60. The first-order valence-corrected chi connectivity index (χ1v) is 6.41. The van der Waals surface area contributed by atoms with Crippen LogP contribution in [0.3, 0.4) is 0 Å². The molecule has 1 aromatic rings. The molecular formula is C10H18N4OS. The van der Waals surface area contributed by atoms with Crippen LogP contribution in [0.4, 0.5) is 5.13 Å². The summed E-state index contributed by atoms with van der Waals surface area (Å²) in [5.41, 5.74) is 0. The summed E-state index contributed by atoms with van der Waals surface area (Å²) in [7, 11) is 1.84. The maximum atomic E-state index is 9.79. The average Bonchev–Trinajstić information content (AvgIpc) is 2.71. The van der Waals surface area contributed by atoms with Gasteiger partial charge in [0, 0.05) is 13.6 Å². The van der Waals surface area contributed by atoms with E-state index < -0.39 is 0 Å². The lowest BCUT2D eigenvalue weighted by atomic mass is 9.96. The summed E-state index contributed by atoms with van der Waals surface area (Å²) < 4.78 is 0. The van der Waals surface area contributed by atoms with Crippen LogP contribution < -0.4 is 5.32 Å². The van der Waals surface area contributed by atoms with Crippen LogP contribution in [-0.2, 0) is 6.54 Å². The molecule has 1 fully saturated rings. The van der Waals surface area contributed by atoms with Crippen molar-refractivity contribution in [3.05, 3.63) is 5.01 Å². The topological polar surface area (TPSA) is 61.3 Å². The minimum absolute atomic E-state index is 0.203. The Kier molecular flexibility index (Phi) is 3.73. The molecule has 2 heterocycles. The molecule has 1 aliphatic heterocycles. The van der Waals surface area contributed by atoms with Gasteiger partial charge in [-0.1, -0.05) is 18.3 Å². The molecule has 90 valence electrons. The molecule has 2 rings (SSSR count). The zero-order valence-corrected chi connectivity index (χ0v) is 10.5. The first-order chi connectivity index (χ1) is 7.69. The smallest absolute Gasteiger partial charge is 0.205 e. The van der Waals surface area contributed by atoms with Gasteiger partial charge in [-0.15, -0.1) is 10.2 Å². The lowest BCUT2D eigenvalue weighted by Crippen LogP contribution is -2.42. The molecule has 0 aromatic carbocycles. The number of rotatable bonds is 3. The number of nitrogens with one attached hydrogen (secondary N) is 1. The summed E-state index contributed by atoms with van der Waals surface area (Å²) in [6.45, 7) is 4.68. The Morgan fingerprint density at radius 3 is 3.00 bits per heavy atom. The highest BCUT2D eigenvalue weighted by Gasteiger charge is 2.24. The normalized spacial score (nSPS) is 26.9. The average molecular weight is 242 g/mol. The molecule has 2 unspecified atom stereocenters. The zero-order valence-electron chi connectivity index (χ0n) is 9.68. The van der Waals surface area contributed by atoms with Gasteiger partial charge in [-0.2, -0.15) is 0 Å². The summed E-state index contributed by atoms with van der Waals surface area (Å²) in [4.78, 5) is 2.24. The quantitative estimate of drug-likeness (QED) is 0.820. The third-order valence-corrected chi connectivity index (χ3v) is 3.97. The number of nitrogens with zero attached hydrogens (tertiary/aromatic N) is 3. The first kappa shape index (κ1) is 11.8. The van der Waals surface area contributed by atoms with Crippen molar-refractivity contribution >= 4 is 16.5 Å². The van der Waals surface area contributed by atoms with Gasteiger partial charge < -0.3 is 10.4 Å². The molecule has 6 heteroatoms. The highest BCUT2D eigenvalue weighted by atomic mass is 32.1. The van der Waals surface area contributed by atoms with Gasteiger partial charge in [-0.3, -0.25) is 4.90 Å². The van der Waals surface area contributed by atoms with Crippen LogP contribution in [0, 0.1) is 5.92 Å². The van der Waals surface area contributed by atoms with Crippen molar-refractivity contribution in [2.24, 2.45) is 5.92 Å². The van der Waals surface area contributed by atoms with Crippen molar-refractivity contribution in [3.8, 4) is 0 Å². The lowest BCUT2D eigenvalue weighted by molar-refractivity contribution is 0.0258. The third kappa shape index (κ3) is 2.69. The van der Waals surface area contributed by atoms with Crippen molar-refractivity contribution in [2.75, 3.05) is 25.5 Å². The molecule has 2 N–H and O–H groups in total. The van der Waals surface area contributed by atoms with E-state index in [9.17, 15) is 5.11 Å². The summed E-state index contributed by atoms with van der Waals surface area (Å²) in [6.07, 6.45) is 0.851. The van der Waals surface area contributed by atoms with Crippen molar-refractivity contribution in [1.29, 1.82) is 0 Å². The number of piperidine rings is 1. The Balaban J connectivity index is 1.90. The van der Waals surface area contributed by atoms with Crippen molar-refractivity contribution in [2.45, 2.75) is 26.0 Å². The Morgan fingerprint density at radius 1 is 1.56 bits per heavy atom. The highest BCUT2D eigenvalue weighted by molar-refractivity contribution is 7.15. The van der Waals surface area contributed by atoms with Gasteiger partial charge >= 0.3 is 0 Å². The lowest BCUT2D eigenvalue weighted by Gasteiger charge is -2.33. The van der Waals surface area contributed by atoms with E-state index in [0.717, 1.165) is 36.2 Å². The Bertz CT molecular complexity index is 343. The molecule has 2 atom stereocenters. The fraction of sp³-hybridized carbons (Fsp3) is 0.800. The number of anilines is 1. The van der Waals surface area contributed by atoms with Gasteiger partial charge in [0.15, 0.2) is 0 Å². The number of β-amino-alcohol motifs (C(OH)–C–C–N with tert-alkyl or cyclic N) is 1. The molecule has 1 aliphatic rings. The van der Waals surface area contributed by atoms with E-state index in [1.165, 1.54) is 0 Å². The number of likely N-dealkylation sites (tertiary alicyclic amines) is 1. The van der Waals surface area contributed by atoms with E-state index in [2.05, 4.69) is 27.3 Å². The van der Waals surface area contributed by atoms with E-state index >= 15 is 0 Å². The van der Waals surface area contributed by atoms with Crippen LogP contribution in [0.15, 0.2) is 0 Å². The Hall–Kier alpha value is -0.720. The van der Waals surface area contributed by atoms with Crippen molar-refractivity contribution in [3.63, 3.8) is 0 Å². The molecule has 0 saturated carbocycles. The van der Waals surface area contributed by atoms with Gasteiger partial charge in [0.05, 0.1) is 12.6 Å². The van der Waals surface area contributed by atoms with Crippen LogP contribution in [0.1, 0.15) is 18.4 Å². The van der Waals surface area contributed by atoms with Gasteiger partial charge in [0.1, 0.15) is 5.01 Å². The summed E-state index contributed by atoms with van der Waals surface area (Å²) >= 11 is 1.57. The molecule has 0 amide bonds. The van der Waals surface area contributed by atoms with E-state index in [1.807, 2.05) is 7.05 Å². The standard InChI is InChI=1S/C10H18N4OS/c1-7-3-4-14(5-8(7)15)6-9-12-13-10(11-2)16-9/h7-8,15H,3-6H2,1-2H3,(H,11,13). The fourth-order valence-electron chi connectivity index (χ4n) is 1.87. The molecule has 1 aromatic heterocycles. The molecule has 1 saturated heterocycles. The second-order valence-corrected chi connectivity index (χ2v) is 5.38. The van der Waals surface area contributed by atoms with E-state index in [4.69, 9.17) is 0 Å². The molecular weight excluding hydrogens is 224 g/mol. The molecule has 5 nitrogen and oxygen atoms in total. The monoisotopic (exact) mass is 242 g/mol. The Labute approximate surface area is 99.5 Å². The van der Waals surface area contributed by atoms with Gasteiger partial charge in [-0.25, -0.2) is 0 Å². The summed E-state index contributed by atoms with van der Waals surface area (Å²) in [6, 6.07) is 0. The van der Waals surface area contributed by atoms with Crippen LogP contribution in [-0.4, -0.2) is 46.4 Å². The predicted octanol–water partition coefficient (Wildman–Crippen LogP) is 0.782. The Morgan fingerprint density at radius 2 is 2.38 bits per heavy atom. The van der Waals surface area contributed by atoms with Crippen molar-refractivity contribution < 1.29 is 5.11 Å². The van der Waals surface area contributed by atoms with Crippen LogP contribution in [0.2, 0.25) is 0 Å². The highest BCUT2D eigenvalue weighted by Crippen LogP contribution is 2.21. The minimum atomic E-state index is -0.203. The largest absolute Gasteiger partial charge is 0.392 e. The first-order valence-electron chi connectivity index (χ1n) is 5.59. The second kappa shape index (κ2) is 5.07. The predicted molar refractivity (Wildman–Crippen MR) is 64.5 cm³/mol. The summed E-state index contributed by atoms with van der Waals surface area (Å²) in [5, 5.41) is 22.7. The number of aromatic nitrogens is 2. The zero-order chi connectivity index (χ0) is 11.5. The van der Waals surface area contributed by atoms with E-state index in [0.29, 0.717) is 5.92 Å². The number of aliphatic hydroxyl groups excluding tert-OH is 1. The SMILES string of the molecule is CNc1nnc(CN2CCC(C)C(O)C2)s1. The number of aliphatic hydroxyl groups is 1. The van der Waals surface area contributed by atoms with Crippen LogP contribution in [0.5, 0.6) is 0 Å². The number of hydrogen-bond donors (Lipinski definition) is 2. The van der Waals surface area contributed by atoms with Gasteiger partial charge in [-0.05, 0) is 18.9 Å². The van der Waals surface area contributed by atoms with Crippen LogP contribution >= 0.6 is 11.3 Å². The molecule has 0 bridgehead atoms. The number of hydrogen-bond acceptors (Lipinski definition) is 6. The van der Waals surface area contributed by atoms with Gasteiger partial charge in [0.25, 0.3) is 0 Å². The van der Waals surface area contributed by atoms with E-state index in [1.54, 1.807) is 11.3 Å². The molecule has 0 radical (unpaired) electrons. The van der Waals surface area contributed by atoms with Crippen LogP contribution in [0.25, 0.3) is 0 Å². The van der Waals surface area contributed by atoms with E-state index in [-0.39, 0.29) is 6.10 Å². The minimum Gasteiger partial charge on any atom is -0.392 e. The second-order valence-electron chi connectivity index (χ2n) is 4.32. The molecule has 16 heavy (non-hydrogen) atoms.